The first-order valence-corrected chi connectivity index (χ1v) is 8.12. The van der Waals surface area contributed by atoms with Crippen molar-refractivity contribution in [3.05, 3.63) is 42.7 Å². The van der Waals surface area contributed by atoms with Crippen LogP contribution in [0.15, 0.2) is 42.1 Å². The molecule has 0 aliphatic rings. The summed E-state index contributed by atoms with van der Waals surface area (Å²) in [6.45, 7) is 3.69. The molecule has 0 bridgehead atoms. The predicted molar refractivity (Wildman–Crippen MR) is 77.1 cm³/mol. The van der Waals surface area contributed by atoms with E-state index in [1.54, 1.807) is 12.1 Å². The molecule has 1 aromatic carbocycles. The van der Waals surface area contributed by atoms with E-state index in [1.165, 1.54) is 18.5 Å². The standard InChI is InChI=1S/C12H11N3O3S2/c1-8(11(16)15-12-13-7-14-19-12)9-3-5-10(6-4-9)20(2,17)18/h3-7H,1H2,2H3,(H,13,14,15,16). The first-order chi connectivity index (χ1) is 9.38. The van der Waals surface area contributed by atoms with E-state index in [-0.39, 0.29) is 10.5 Å². The number of carbonyl (C=O) groups excluding carboxylic acids is 1. The fraction of sp³-hybridized carbons (Fsp3) is 0.0833. The Bertz CT molecular complexity index is 735. The third kappa shape index (κ3) is 3.28. The van der Waals surface area contributed by atoms with Crippen LogP contribution in [0.1, 0.15) is 5.56 Å². The molecule has 6 nitrogen and oxygen atoms in total. The summed E-state index contributed by atoms with van der Waals surface area (Å²) in [7, 11) is -3.25. The SMILES string of the molecule is C=C(C(=O)Nc1ncns1)c1ccc(S(C)(=O)=O)cc1. The summed E-state index contributed by atoms with van der Waals surface area (Å²) in [6.07, 6.45) is 2.46. The zero-order chi connectivity index (χ0) is 14.8. The van der Waals surface area contributed by atoms with Crippen LogP contribution in [0.5, 0.6) is 0 Å². The molecule has 0 aliphatic carbocycles. The monoisotopic (exact) mass is 309 g/mol. The molecule has 20 heavy (non-hydrogen) atoms. The van der Waals surface area contributed by atoms with Crippen molar-refractivity contribution in [2.45, 2.75) is 4.90 Å². The highest BCUT2D eigenvalue weighted by Gasteiger charge is 2.13. The predicted octanol–water partition coefficient (Wildman–Crippen LogP) is 1.59. The van der Waals surface area contributed by atoms with E-state index in [2.05, 4.69) is 21.3 Å². The Hall–Kier alpha value is -2.06. The van der Waals surface area contributed by atoms with Gasteiger partial charge >= 0.3 is 0 Å². The fourth-order valence-corrected chi connectivity index (χ4v) is 2.49. The van der Waals surface area contributed by atoms with E-state index in [9.17, 15) is 13.2 Å². The molecule has 0 saturated heterocycles. The number of amides is 1. The van der Waals surface area contributed by atoms with Crippen LogP contribution < -0.4 is 5.32 Å². The maximum atomic E-state index is 11.9. The maximum Gasteiger partial charge on any atom is 0.257 e. The molecule has 104 valence electrons. The van der Waals surface area contributed by atoms with Crippen LogP contribution in [0.25, 0.3) is 5.57 Å². The van der Waals surface area contributed by atoms with Gasteiger partial charge in [-0.15, -0.1) is 0 Å². The molecule has 0 saturated carbocycles. The molecule has 8 heteroatoms. The lowest BCUT2D eigenvalue weighted by Crippen LogP contribution is -2.12. The van der Waals surface area contributed by atoms with Gasteiger partial charge in [0.2, 0.25) is 5.13 Å². The normalized spacial score (nSPS) is 11.1. The van der Waals surface area contributed by atoms with Crippen LogP contribution in [-0.2, 0) is 14.6 Å². The highest BCUT2D eigenvalue weighted by Crippen LogP contribution is 2.18. The molecule has 1 N–H and O–H groups in total. The van der Waals surface area contributed by atoms with Crippen molar-refractivity contribution in [2.75, 3.05) is 11.6 Å². The van der Waals surface area contributed by atoms with Crippen LogP contribution in [0.2, 0.25) is 0 Å². The van der Waals surface area contributed by atoms with E-state index in [0.717, 1.165) is 17.8 Å². The number of carbonyl (C=O) groups is 1. The van der Waals surface area contributed by atoms with Gasteiger partial charge in [0.15, 0.2) is 9.84 Å². The lowest BCUT2D eigenvalue weighted by atomic mass is 10.1. The number of rotatable bonds is 4. The average Bonchev–Trinajstić information content (AvgIpc) is 2.90. The van der Waals surface area contributed by atoms with Crippen LogP contribution in [-0.4, -0.2) is 29.9 Å². The van der Waals surface area contributed by atoms with Crippen LogP contribution in [0.3, 0.4) is 0 Å². The fourth-order valence-electron chi connectivity index (χ4n) is 1.44. The van der Waals surface area contributed by atoms with Gasteiger partial charge in [-0.05, 0) is 17.7 Å². The molecule has 0 fully saturated rings. The van der Waals surface area contributed by atoms with Crippen LogP contribution in [0, 0.1) is 0 Å². The molecule has 0 spiro atoms. The number of nitrogens with one attached hydrogen (secondary N) is 1. The summed E-state index contributed by atoms with van der Waals surface area (Å²) < 4.78 is 26.5. The summed E-state index contributed by atoms with van der Waals surface area (Å²) in [4.78, 5) is 15.9. The third-order valence-corrected chi connectivity index (χ3v) is 4.20. The topological polar surface area (TPSA) is 89.0 Å². The van der Waals surface area contributed by atoms with E-state index in [0.29, 0.717) is 10.7 Å². The molecule has 1 heterocycles. The summed E-state index contributed by atoms with van der Waals surface area (Å²) in [5.41, 5.74) is 0.764. The quantitative estimate of drug-likeness (QED) is 0.866. The molecule has 0 atom stereocenters. The minimum atomic E-state index is -3.25. The second kappa shape index (κ2) is 5.51. The van der Waals surface area contributed by atoms with E-state index in [1.807, 2.05) is 0 Å². The number of nitrogens with zero attached hydrogens (tertiary/aromatic N) is 2. The summed E-state index contributed by atoms with van der Waals surface area (Å²) in [5, 5.41) is 2.93. The largest absolute Gasteiger partial charge is 0.297 e. The molecule has 0 radical (unpaired) electrons. The van der Waals surface area contributed by atoms with Gasteiger partial charge in [-0.3, -0.25) is 10.1 Å². The summed E-state index contributed by atoms with van der Waals surface area (Å²) in [5.74, 6) is -0.408. The van der Waals surface area contributed by atoms with Gasteiger partial charge in [0.05, 0.1) is 4.90 Å². The molecular weight excluding hydrogens is 298 g/mol. The Kier molecular flexibility index (Phi) is 3.96. The number of hydrogen-bond donors (Lipinski definition) is 1. The molecule has 0 unspecified atom stereocenters. The average molecular weight is 309 g/mol. The van der Waals surface area contributed by atoms with Crippen molar-refractivity contribution >= 4 is 38.0 Å². The second-order valence-electron chi connectivity index (χ2n) is 3.98. The zero-order valence-electron chi connectivity index (χ0n) is 10.5. The van der Waals surface area contributed by atoms with Gasteiger partial charge in [0.25, 0.3) is 5.91 Å². The van der Waals surface area contributed by atoms with Gasteiger partial charge < -0.3 is 0 Å². The highest BCUT2D eigenvalue weighted by molar-refractivity contribution is 7.90. The molecule has 0 aliphatic heterocycles. The lowest BCUT2D eigenvalue weighted by Gasteiger charge is -2.06. The number of benzene rings is 1. The first kappa shape index (κ1) is 14.4. The third-order valence-electron chi connectivity index (χ3n) is 2.49. The van der Waals surface area contributed by atoms with E-state index in [4.69, 9.17) is 0 Å². The molecule has 1 aromatic heterocycles. The Balaban J connectivity index is 2.15. The Morgan fingerprint density at radius 1 is 1.30 bits per heavy atom. The van der Waals surface area contributed by atoms with Gasteiger partial charge in [-0.25, -0.2) is 13.4 Å². The van der Waals surface area contributed by atoms with Crippen molar-refractivity contribution in [3.63, 3.8) is 0 Å². The molecule has 1 amide bonds. The maximum absolute atomic E-state index is 11.9. The number of hydrogen-bond acceptors (Lipinski definition) is 6. The van der Waals surface area contributed by atoms with Crippen molar-refractivity contribution in [2.24, 2.45) is 0 Å². The minimum Gasteiger partial charge on any atom is -0.297 e. The second-order valence-corrected chi connectivity index (χ2v) is 6.77. The first-order valence-electron chi connectivity index (χ1n) is 5.45. The van der Waals surface area contributed by atoms with Crippen LogP contribution in [0.4, 0.5) is 5.13 Å². The van der Waals surface area contributed by atoms with Crippen molar-refractivity contribution < 1.29 is 13.2 Å². The number of aromatic nitrogens is 2. The van der Waals surface area contributed by atoms with Crippen molar-refractivity contribution in [1.82, 2.24) is 9.36 Å². The Morgan fingerprint density at radius 2 is 1.95 bits per heavy atom. The zero-order valence-corrected chi connectivity index (χ0v) is 12.2. The molecule has 2 aromatic rings. The summed E-state index contributed by atoms with van der Waals surface area (Å²) in [6, 6.07) is 5.96. The number of sulfone groups is 1. The number of anilines is 1. The summed E-state index contributed by atoms with van der Waals surface area (Å²) >= 11 is 1.06. The lowest BCUT2D eigenvalue weighted by molar-refractivity contribution is -0.111. The van der Waals surface area contributed by atoms with Gasteiger partial charge in [0.1, 0.15) is 6.33 Å². The van der Waals surface area contributed by atoms with E-state index >= 15 is 0 Å². The molecule has 2 rings (SSSR count). The highest BCUT2D eigenvalue weighted by atomic mass is 32.2. The van der Waals surface area contributed by atoms with Gasteiger partial charge in [0, 0.05) is 23.4 Å². The van der Waals surface area contributed by atoms with Gasteiger partial charge in [-0.2, -0.15) is 4.37 Å². The Labute approximate surface area is 120 Å². The van der Waals surface area contributed by atoms with Crippen LogP contribution >= 0.6 is 11.5 Å². The Morgan fingerprint density at radius 3 is 2.45 bits per heavy atom. The van der Waals surface area contributed by atoms with E-state index < -0.39 is 15.7 Å². The van der Waals surface area contributed by atoms with Gasteiger partial charge in [-0.1, -0.05) is 18.7 Å². The minimum absolute atomic E-state index is 0.193. The van der Waals surface area contributed by atoms with Crippen molar-refractivity contribution in [1.29, 1.82) is 0 Å². The molecular formula is C12H11N3O3S2. The van der Waals surface area contributed by atoms with Crippen molar-refractivity contribution in [3.8, 4) is 0 Å². The smallest absolute Gasteiger partial charge is 0.257 e.